The van der Waals surface area contributed by atoms with Crippen LogP contribution >= 0.6 is 11.6 Å². The summed E-state index contributed by atoms with van der Waals surface area (Å²) in [6, 6.07) is 17.1. The van der Waals surface area contributed by atoms with Crippen molar-refractivity contribution in [1.82, 2.24) is 9.88 Å². The second-order valence-electron chi connectivity index (χ2n) is 9.81. The van der Waals surface area contributed by atoms with Gasteiger partial charge in [-0.15, -0.1) is 0 Å². The molecule has 1 aliphatic carbocycles. The molecule has 5 nitrogen and oxygen atoms in total. The average molecular weight is 535 g/mol. The lowest BCUT2D eigenvalue weighted by Gasteiger charge is -2.30. The van der Waals surface area contributed by atoms with E-state index >= 15 is 0 Å². The number of carbonyl (C=O) groups is 1. The molecule has 2 aliphatic rings. The van der Waals surface area contributed by atoms with Gasteiger partial charge in [0.1, 0.15) is 0 Å². The molecule has 0 unspecified atom stereocenters. The number of nitrogens with zero attached hydrogens (tertiary/aromatic N) is 2. The molecule has 0 N–H and O–H groups in total. The predicted molar refractivity (Wildman–Crippen MR) is 147 cm³/mol. The van der Waals surface area contributed by atoms with E-state index in [4.69, 9.17) is 16.6 Å². The molecule has 3 aromatic rings. The monoisotopic (exact) mass is 534 g/mol. The second kappa shape index (κ2) is 10.8. The lowest BCUT2D eigenvalue weighted by Crippen LogP contribution is -2.37. The molecule has 2 heterocycles. The Labute approximate surface area is 224 Å². The molecule has 2 aromatic carbocycles. The molecule has 0 radical (unpaired) electrons. The standard InChI is InChI=1S/C30H31ClN2O3S/c1-2-17-37(35,36)26-10-11-27-24(20-26)9-8-23-6-4-14-32-30(23)29(27)22-12-15-33(16-13-22)28(34)19-21-5-3-7-25(31)18-21/h3-7,10-11,14,18,20H,2,8-9,12-13,15-17,19H2,1H3. The minimum absolute atomic E-state index is 0.108. The maximum absolute atomic E-state index is 13.0. The Morgan fingerprint density at radius 3 is 2.51 bits per heavy atom. The van der Waals surface area contributed by atoms with Crippen molar-refractivity contribution in [3.8, 4) is 0 Å². The third kappa shape index (κ3) is 5.51. The van der Waals surface area contributed by atoms with Gasteiger partial charge in [-0.3, -0.25) is 9.78 Å². The van der Waals surface area contributed by atoms with E-state index in [1.807, 2.05) is 60.5 Å². The number of piperidine rings is 1. The number of hydrogen-bond donors (Lipinski definition) is 0. The third-order valence-electron chi connectivity index (χ3n) is 7.29. The van der Waals surface area contributed by atoms with Gasteiger partial charge in [0.25, 0.3) is 0 Å². The Hall–Kier alpha value is -2.96. The quantitative estimate of drug-likeness (QED) is 0.422. The Kier molecular flexibility index (Phi) is 7.50. The fourth-order valence-corrected chi connectivity index (χ4v) is 7.01. The molecular weight excluding hydrogens is 504 g/mol. The second-order valence-corrected chi connectivity index (χ2v) is 12.4. The summed E-state index contributed by atoms with van der Waals surface area (Å²) in [7, 11) is -3.30. The molecule has 5 rings (SSSR count). The fourth-order valence-electron chi connectivity index (χ4n) is 5.43. The molecule has 0 saturated carbocycles. The highest BCUT2D eigenvalue weighted by molar-refractivity contribution is 7.91. The fraction of sp³-hybridized carbons (Fsp3) is 0.333. The molecule has 1 amide bonds. The zero-order chi connectivity index (χ0) is 26.0. The van der Waals surface area contributed by atoms with Crippen LogP contribution in [0, 0.1) is 0 Å². The van der Waals surface area contributed by atoms with Crippen LogP contribution in [0.4, 0.5) is 0 Å². The molecule has 0 spiro atoms. The Morgan fingerprint density at radius 1 is 0.973 bits per heavy atom. The highest BCUT2D eigenvalue weighted by Gasteiger charge is 2.27. The molecule has 1 aromatic heterocycles. The molecular formula is C30H31ClN2O3S. The van der Waals surface area contributed by atoms with Gasteiger partial charge in [0.05, 0.1) is 22.8 Å². The van der Waals surface area contributed by atoms with E-state index in [-0.39, 0.29) is 11.7 Å². The van der Waals surface area contributed by atoms with Crippen LogP contribution in [0.3, 0.4) is 0 Å². The largest absolute Gasteiger partial charge is 0.342 e. The summed E-state index contributed by atoms with van der Waals surface area (Å²) >= 11 is 6.10. The summed E-state index contributed by atoms with van der Waals surface area (Å²) < 4.78 is 25.6. The van der Waals surface area contributed by atoms with Gasteiger partial charge in [0.15, 0.2) is 9.84 Å². The number of carbonyl (C=O) groups excluding carboxylic acids is 1. The number of rotatable bonds is 5. The molecule has 37 heavy (non-hydrogen) atoms. The van der Waals surface area contributed by atoms with Gasteiger partial charge in [0, 0.05) is 29.9 Å². The Bertz CT molecular complexity index is 1470. The van der Waals surface area contributed by atoms with Gasteiger partial charge >= 0.3 is 0 Å². The predicted octanol–water partition coefficient (Wildman–Crippen LogP) is 5.68. The van der Waals surface area contributed by atoms with E-state index in [0.29, 0.717) is 35.8 Å². The SMILES string of the molecule is CCCS(=O)(=O)c1ccc2c(c1)CCc1cccnc1C2=C1CCN(C(=O)Cc2cccc(Cl)c2)CC1. The van der Waals surface area contributed by atoms with Crippen molar-refractivity contribution in [2.24, 2.45) is 0 Å². The highest BCUT2D eigenvalue weighted by Crippen LogP contribution is 2.38. The molecule has 0 bridgehead atoms. The molecule has 192 valence electrons. The van der Waals surface area contributed by atoms with Crippen LogP contribution in [0.15, 0.2) is 71.3 Å². The number of halogens is 1. The molecule has 1 aliphatic heterocycles. The van der Waals surface area contributed by atoms with E-state index in [1.54, 1.807) is 6.07 Å². The van der Waals surface area contributed by atoms with E-state index < -0.39 is 9.84 Å². The van der Waals surface area contributed by atoms with Crippen molar-refractivity contribution in [2.75, 3.05) is 18.8 Å². The lowest BCUT2D eigenvalue weighted by atomic mass is 9.88. The van der Waals surface area contributed by atoms with E-state index in [2.05, 4.69) is 6.07 Å². The first-order valence-electron chi connectivity index (χ1n) is 12.9. The van der Waals surface area contributed by atoms with Gasteiger partial charge in [0.2, 0.25) is 5.91 Å². The maximum Gasteiger partial charge on any atom is 0.227 e. The van der Waals surface area contributed by atoms with Crippen molar-refractivity contribution in [2.45, 2.75) is 50.3 Å². The van der Waals surface area contributed by atoms with Crippen LogP contribution in [-0.2, 0) is 33.9 Å². The van der Waals surface area contributed by atoms with Crippen molar-refractivity contribution < 1.29 is 13.2 Å². The number of aromatic nitrogens is 1. The summed E-state index contributed by atoms with van der Waals surface area (Å²) in [5.74, 6) is 0.262. The van der Waals surface area contributed by atoms with Gasteiger partial charge in [-0.1, -0.05) is 48.4 Å². The van der Waals surface area contributed by atoms with Crippen LogP contribution in [0.1, 0.15) is 54.1 Å². The number of pyridine rings is 1. The summed E-state index contributed by atoms with van der Waals surface area (Å²) in [6.45, 7) is 3.19. The number of sulfone groups is 1. The molecule has 1 fully saturated rings. The van der Waals surface area contributed by atoms with Crippen LogP contribution in [0.5, 0.6) is 0 Å². The number of likely N-dealkylation sites (tertiary alicyclic amines) is 1. The van der Waals surface area contributed by atoms with E-state index in [1.165, 1.54) is 11.1 Å². The summed E-state index contributed by atoms with van der Waals surface area (Å²) in [5.41, 5.74) is 7.60. The minimum atomic E-state index is -3.30. The zero-order valence-corrected chi connectivity index (χ0v) is 22.6. The Morgan fingerprint density at radius 2 is 1.76 bits per heavy atom. The maximum atomic E-state index is 13.0. The first kappa shape index (κ1) is 25.7. The van der Waals surface area contributed by atoms with Crippen LogP contribution in [0.2, 0.25) is 5.02 Å². The summed E-state index contributed by atoms with van der Waals surface area (Å²) in [4.78, 5) is 20.1. The smallest absolute Gasteiger partial charge is 0.227 e. The molecule has 1 saturated heterocycles. The van der Waals surface area contributed by atoms with Crippen molar-refractivity contribution >= 4 is 32.9 Å². The van der Waals surface area contributed by atoms with Gasteiger partial charge in [-0.05, 0) is 84.7 Å². The van der Waals surface area contributed by atoms with Gasteiger partial charge in [-0.25, -0.2) is 8.42 Å². The van der Waals surface area contributed by atoms with Crippen LogP contribution < -0.4 is 0 Å². The first-order chi connectivity index (χ1) is 17.9. The number of benzene rings is 2. The molecule has 0 atom stereocenters. The van der Waals surface area contributed by atoms with Crippen molar-refractivity contribution in [3.63, 3.8) is 0 Å². The Balaban J connectivity index is 1.46. The lowest BCUT2D eigenvalue weighted by molar-refractivity contribution is -0.130. The summed E-state index contributed by atoms with van der Waals surface area (Å²) in [5, 5.41) is 0.639. The van der Waals surface area contributed by atoms with Crippen molar-refractivity contribution in [1.29, 1.82) is 0 Å². The third-order valence-corrected chi connectivity index (χ3v) is 9.44. The van der Waals surface area contributed by atoms with E-state index in [9.17, 15) is 13.2 Å². The molecule has 7 heteroatoms. The topological polar surface area (TPSA) is 67.3 Å². The number of amides is 1. The highest BCUT2D eigenvalue weighted by atomic mass is 35.5. The van der Waals surface area contributed by atoms with Crippen LogP contribution in [0.25, 0.3) is 5.57 Å². The van der Waals surface area contributed by atoms with Gasteiger partial charge < -0.3 is 4.90 Å². The average Bonchev–Trinajstić information content (AvgIpc) is 3.05. The summed E-state index contributed by atoms with van der Waals surface area (Å²) in [6.07, 6.45) is 5.88. The minimum Gasteiger partial charge on any atom is -0.342 e. The first-order valence-corrected chi connectivity index (χ1v) is 14.9. The van der Waals surface area contributed by atoms with Crippen molar-refractivity contribution in [3.05, 3.63) is 99.3 Å². The number of aryl methyl sites for hydroxylation is 2. The number of fused-ring (bicyclic) bond motifs is 2. The van der Waals surface area contributed by atoms with Crippen LogP contribution in [-0.4, -0.2) is 43.1 Å². The van der Waals surface area contributed by atoms with Gasteiger partial charge in [-0.2, -0.15) is 0 Å². The van der Waals surface area contributed by atoms with E-state index in [0.717, 1.165) is 53.6 Å². The zero-order valence-electron chi connectivity index (χ0n) is 21.0. The number of hydrogen-bond acceptors (Lipinski definition) is 4. The normalized spacial score (nSPS) is 15.7.